The number of hydrogen-bond acceptors (Lipinski definition) is 6. The van der Waals surface area contributed by atoms with E-state index >= 15 is 0 Å². The van der Waals surface area contributed by atoms with Crippen LogP contribution in [0, 0.1) is 0 Å². The van der Waals surface area contributed by atoms with Crippen LogP contribution in [0.5, 0.6) is 0 Å². The molecule has 3 amide bonds. The Labute approximate surface area is 118 Å². The number of carbonyl (C=O) groups excluding carboxylic acids is 3. The minimum Gasteiger partial charge on any atom is -0.347 e. The van der Waals surface area contributed by atoms with Crippen LogP contribution in [0.3, 0.4) is 0 Å². The lowest BCUT2D eigenvalue weighted by atomic mass is 10.3. The van der Waals surface area contributed by atoms with Crippen molar-refractivity contribution in [3.8, 4) is 0 Å². The highest BCUT2D eigenvalue weighted by molar-refractivity contribution is 6.37. The Bertz CT molecular complexity index is 355. The maximum absolute atomic E-state index is 11.8. The minimum absolute atomic E-state index is 0.0549. The number of nitrogens with one attached hydrogen (secondary N) is 2. The quantitative estimate of drug-likeness (QED) is 0.476. The molecule has 20 heavy (non-hydrogen) atoms. The van der Waals surface area contributed by atoms with E-state index in [0.29, 0.717) is 13.1 Å². The van der Waals surface area contributed by atoms with Crippen molar-refractivity contribution >= 4 is 17.7 Å². The second-order valence-electron chi connectivity index (χ2n) is 4.61. The maximum atomic E-state index is 11.8. The molecule has 4 N–H and O–H groups in total. The van der Waals surface area contributed by atoms with Crippen LogP contribution in [-0.2, 0) is 14.4 Å². The average molecular weight is 285 g/mol. The highest BCUT2D eigenvalue weighted by atomic mass is 16.2. The zero-order chi connectivity index (χ0) is 15.0. The lowest BCUT2D eigenvalue weighted by Gasteiger charge is -2.27. The first-order chi connectivity index (χ1) is 9.56. The monoisotopic (exact) mass is 285 g/mol. The van der Waals surface area contributed by atoms with Gasteiger partial charge in [0.25, 0.3) is 0 Å². The molecule has 1 aliphatic rings. The second kappa shape index (κ2) is 8.62. The van der Waals surface area contributed by atoms with Crippen molar-refractivity contribution in [1.82, 2.24) is 20.4 Å². The summed E-state index contributed by atoms with van der Waals surface area (Å²) in [5.41, 5.74) is 5.31. The highest BCUT2D eigenvalue weighted by Crippen LogP contribution is 1.92. The van der Waals surface area contributed by atoms with E-state index in [1.165, 1.54) is 6.92 Å². The van der Waals surface area contributed by atoms with Gasteiger partial charge in [0.1, 0.15) is 0 Å². The topological polar surface area (TPSA) is 108 Å². The molecule has 8 heteroatoms. The number of imide groups is 1. The summed E-state index contributed by atoms with van der Waals surface area (Å²) in [5, 5.41) is 5.77. The van der Waals surface area contributed by atoms with Gasteiger partial charge in [-0.15, -0.1) is 0 Å². The first-order valence-corrected chi connectivity index (χ1v) is 6.79. The summed E-state index contributed by atoms with van der Waals surface area (Å²) in [5.74, 6) is -2.08. The standard InChI is InChI=1S/C12H23N5O3/c1-10(18)17(6-2-13)12(20)11(19)15-5-9-16-7-3-14-4-8-16/h14H,2-9,13H2,1H3,(H,15,19). The molecule has 1 fully saturated rings. The summed E-state index contributed by atoms with van der Waals surface area (Å²) < 4.78 is 0. The van der Waals surface area contributed by atoms with Crippen molar-refractivity contribution in [3.05, 3.63) is 0 Å². The Kier molecular flexibility index (Phi) is 7.13. The molecule has 8 nitrogen and oxygen atoms in total. The van der Waals surface area contributed by atoms with E-state index in [0.717, 1.165) is 31.1 Å². The van der Waals surface area contributed by atoms with Crippen LogP contribution >= 0.6 is 0 Å². The number of piperazine rings is 1. The molecule has 0 spiro atoms. The highest BCUT2D eigenvalue weighted by Gasteiger charge is 2.24. The summed E-state index contributed by atoms with van der Waals surface area (Å²) in [6.07, 6.45) is 0. The molecular weight excluding hydrogens is 262 g/mol. The van der Waals surface area contributed by atoms with E-state index in [4.69, 9.17) is 5.73 Å². The molecule has 1 rings (SSSR count). The molecule has 0 unspecified atom stereocenters. The molecule has 1 aliphatic heterocycles. The van der Waals surface area contributed by atoms with Gasteiger partial charge in [0, 0.05) is 59.3 Å². The third-order valence-electron chi connectivity index (χ3n) is 3.10. The first kappa shape index (κ1) is 16.5. The predicted octanol–water partition coefficient (Wildman–Crippen LogP) is -2.66. The summed E-state index contributed by atoms with van der Waals surface area (Å²) in [7, 11) is 0. The predicted molar refractivity (Wildman–Crippen MR) is 73.8 cm³/mol. The van der Waals surface area contributed by atoms with E-state index in [9.17, 15) is 14.4 Å². The lowest BCUT2D eigenvalue weighted by molar-refractivity contribution is -0.151. The van der Waals surface area contributed by atoms with Gasteiger partial charge in [-0.05, 0) is 0 Å². The Morgan fingerprint density at radius 3 is 2.50 bits per heavy atom. The molecule has 0 radical (unpaired) electrons. The van der Waals surface area contributed by atoms with Crippen molar-refractivity contribution in [1.29, 1.82) is 0 Å². The smallest absolute Gasteiger partial charge is 0.318 e. The van der Waals surface area contributed by atoms with E-state index in [-0.39, 0.29) is 13.1 Å². The van der Waals surface area contributed by atoms with Crippen molar-refractivity contribution in [2.45, 2.75) is 6.92 Å². The molecule has 0 saturated carbocycles. The molecule has 0 aromatic carbocycles. The van der Waals surface area contributed by atoms with Crippen LogP contribution < -0.4 is 16.4 Å². The first-order valence-electron chi connectivity index (χ1n) is 6.79. The van der Waals surface area contributed by atoms with Gasteiger partial charge >= 0.3 is 11.8 Å². The van der Waals surface area contributed by atoms with E-state index in [1.807, 2.05) is 0 Å². The summed E-state index contributed by atoms with van der Waals surface area (Å²) in [6.45, 7) is 6.23. The zero-order valence-corrected chi connectivity index (χ0v) is 11.9. The number of nitrogens with zero attached hydrogens (tertiary/aromatic N) is 2. The third-order valence-corrected chi connectivity index (χ3v) is 3.10. The largest absolute Gasteiger partial charge is 0.347 e. The molecule has 0 aliphatic carbocycles. The van der Waals surface area contributed by atoms with Crippen molar-refractivity contribution in [3.63, 3.8) is 0 Å². The molecule has 1 saturated heterocycles. The fraction of sp³-hybridized carbons (Fsp3) is 0.750. The van der Waals surface area contributed by atoms with E-state index in [2.05, 4.69) is 15.5 Å². The number of rotatable bonds is 5. The number of carbonyl (C=O) groups is 3. The van der Waals surface area contributed by atoms with Crippen molar-refractivity contribution < 1.29 is 14.4 Å². The Hall–Kier alpha value is -1.51. The van der Waals surface area contributed by atoms with Gasteiger partial charge in [-0.25, -0.2) is 0 Å². The Morgan fingerprint density at radius 1 is 1.30 bits per heavy atom. The van der Waals surface area contributed by atoms with Gasteiger partial charge in [-0.2, -0.15) is 0 Å². The molecule has 0 aromatic heterocycles. The van der Waals surface area contributed by atoms with Crippen LogP contribution in [0.1, 0.15) is 6.92 Å². The van der Waals surface area contributed by atoms with Crippen LogP contribution in [0.4, 0.5) is 0 Å². The van der Waals surface area contributed by atoms with E-state index < -0.39 is 17.7 Å². The summed E-state index contributed by atoms with van der Waals surface area (Å²) >= 11 is 0. The average Bonchev–Trinajstić information content (AvgIpc) is 2.44. The molecule has 0 aromatic rings. The molecule has 0 bridgehead atoms. The van der Waals surface area contributed by atoms with Crippen LogP contribution in [-0.4, -0.2) is 79.9 Å². The fourth-order valence-corrected chi connectivity index (χ4v) is 1.99. The molecule has 1 heterocycles. The molecule has 0 atom stereocenters. The SMILES string of the molecule is CC(=O)N(CCN)C(=O)C(=O)NCCN1CCNCC1. The summed E-state index contributed by atoms with van der Waals surface area (Å²) in [6, 6.07) is 0. The lowest BCUT2D eigenvalue weighted by Crippen LogP contribution is -2.50. The number of nitrogens with two attached hydrogens (primary N) is 1. The van der Waals surface area contributed by atoms with Gasteiger partial charge in [0.15, 0.2) is 0 Å². The van der Waals surface area contributed by atoms with Crippen LogP contribution in [0.2, 0.25) is 0 Å². The van der Waals surface area contributed by atoms with Gasteiger partial charge in [-0.1, -0.05) is 0 Å². The third kappa shape index (κ3) is 5.24. The van der Waals surface area contributed by atoms with Crippen LogP contribution in [0.25, 0.3) is 0 Å². The maximum Gasteiger partial charge on any atom is 0.318 e. The number of hydrogen-bond donors (Lipinski definition) is 3. The van der Waals surface area contributed by atoms with E-state index in [1.54, 1.807) is 0 Å². The Balaban J connectivity index is 2.33. The second-order valence-corrected chi connectivity index (χ2v) is 4.61. The van der Waals surface area contributed by atoms with Crippen molar-refractivity contribution in [2.24, 2.45) is 5.73 Å². The number of amides is 3. The molecular formula is C12H23N5O3. The molecule has 114 valence electrons. The Morgan fingerprint density at radius 2 is 1.95 bits per heavy atom. The minimum atomic E-state index is -0.844. The van der Waals surface area contributed by atoms with Gasteiger partial charge in [-0.3, -0.25) is 24.2 Å². The van der Waals surface area contributed by atoms with Crippen molar-refractivity contribution in [2.75, 3.05) is 52.4 Å². The van der Waals surface area contributed by atoms with Gasteiger partial charge in [0.05, 0.1) is 0 Å². The zero-order valence-electron chi connectivity index (χ0n) is 11.9. The normalized spacial score (nSPS) is 15.7. The summed E-state index contributed by atoms with van der Waals surface area (Å²) in [4.78, 5) is 37.8. The fourth-order valence-electron chi connectivity index (χ4n) is 1.99. The van der Waals surface area contributed by atoms with Gasteiger partial charge < -0.3 is 16.4 Å². The van der Waals surface area contributed by atoms with Gasteiger partial charge in [0.2, 0.25) is 5.91 Å². The van der Waals surface area contributed by atoms with Crippen LogP contribution in [0.15, 0.2) is 0 Å².